The summed E-state index contributed by atoms with van der Waals surface area (Å²) in [6.45, 7) is 8.26. The zero-order chi connectivity index (χ0) is 7.61. The maximum atomic E-state index is 5.29. The van der Waals surface area contributed by atoms with Gasteiger partial charge in [-0.3, -0.25) is 0 Å². The summed E-state index contributed by atoms with van der Waals surface area (Å²) < 4.78 is 5.29. The van der Waals surface area contributed by atoms with E-state index >= 15 is 0 Å². The molecule has 1 rings (SSSR count). The summed E-state index contributed by atoms with van der Waals surface area (Å²) in [5.74, 6) is 0. The fourth-order valence-corrected chi connectivity index (χ4v) is 1.74. The van der Waals surface area contributed by atoms with Gasteiger partial charge in [0.2, 0.25) is 5.64 Å². The first-order chi connectivity index (χ1) is 4.58. The summed E-state index contributed by atoms with van der Waals surface area (Å²) in [6.07, 6.45) is 0. The molecule has 1 heterocycles. The molecule has 0 aromatic rings. The normalized spacial score (nSPS) is 19.7. The highest BCUT2D eigenvalue weighted by Crippen LogP contribution is 2.33. The second-order valence-corrected chi connectivity index (χ2v) is 5.59. The third-order valence-corrected chi connectivity index (χ3v) is 2.33. The van der Waals surface area contributed by atoms with E-state index in [0.29, 0.717) is 5.16 Å². The van der Waals surface area contributed by atoms with Gasteiger partial charge in [0.25, 0.3) is 0 Å². The van der Waals surface area contributed by atoms with Gasteiger partial charge in [0.1, 0.15) is 6.61 Å². The summed E-state index contributed by atoms with van der Waals surface area (Å²) in [6, 6.07) is 0. The van der Waals surface area contributed by atoms with Crippen LogP contribution in [0.3, 0.4) is 0 Å². The van der Waals surface area contributed by atoms with E-state index in [4.69, 9.17) is 4.74 Å². The van der Waals surface area contributed by atoms with Gasteiger partial charge in [-0.25, -0.2) is 4.99 Å². The van der Waals surface area contributed by atoms with Gasteiger partial charge in [-0.05, 0) is 13.7 Å². The smallest absolute Gasteiger partial charge is 0.203 e. The van der Waals surface area contributed by atoms with Crippen molar-refractivity contribution in [3.05, 3.63) is 0 Å². The average molecular weight is 159 g/mol. The van der Waals surface area contributed by atoms with Crippen LogP contribution in [-0.2, 0) is 4.74 Å². The van der Waals surface area contributed by atoms with Crippen LogP contribution in [0.2, 0.25) is 0 Å². The molecule has 0 saturated carbocycles. The molecule has 1 unspecified atom stereocenters. The van der Waals surface area contributed by atoms with Crippen LogP contribution in [0.5, 0.6) is 0 Å². The molecule has 1 atom stereocenters. The highest BCUT2D eigenvalue weighted by Gasteiger charge is 2.17. The molecule has 2 nitrogen and oxygen atoms in total. The van der Waals surface area contributed by atoms with E-state index < -0.39 is 0 Å². The number of nitrogens with zero attached hydrogens (tertiary/aromatic N) is 1. The maximum Gasteiger partial charge on any atom is 0.203 e. The Bertz CT molecular complexity index is 148. The van der Waals surface area contributed by atoms with E-state index in [0.717, 1.165) is 27.4 Å². The van der Waals surface area contributed by atoms with Crippen molar-refractivity contribution in [2.45, 2.75) is 25.9 Å². The second-order valence-electron chi connectivity index (χ2n) is 3.41. The first-order valence-electron chi connectivity index (χ1n) is 3.53. The van der Waals surface area contributed by atoms with Crippen LogP contribution in [0.15, 0.2) is 4.99 Å². The molecule has 10 heavy (non-hydrogen) atoms. The highest BCUT2D eigenvalue weighted by atomic mass is 31.1. The Morgan fingerprint density at radius 3 is 2.60 bits per heavy atom. The van der Waals surface area contributed by atoms with Gasteiger partial charge < -0.3 is 4.74 Å². The Kier molecular flexibility index (Phi) is 2.30. The molecule has 0 aromatic carbocycles. The van der Waals surface area contributed by atoms with Crippen molar-refractivity contribution in [1.29, 1.82) is 0 Å². The van der Waals surface area contributed by atoms with Gasteiger partial charge in [0.15, 0.2) is 0 Å². The van der Waals surface area contributed by atoms with Crippen LogP contribution in [0.4, 0.5) is 0 Å². The lowest BCUT2D eigenvalue weighted by Gasteiger charge is -2.16. The Morgan fingerprint density at radius 1 is 1.50 bits per heavy atom. The molecule has 1 aliphatic rings. The molecule has 1 aliphatic heterocycles. The third-order valence-electron chi connectivity index (χ3n) is 1.07. The monoisotopic (exact) mass is 159 g/mol. The Balaban J connectivity index is 2.38. The van der Waals surface area contributed by atoms with Gasteiger partial charge in [-0.1, -0.05) is 20.8 Å². The average Bonchev–Trinajstić information content (AvgIpc) is 2.12. The van der Waals surface area contributed by atoms with Crippen LogP contribution in [0.25, 0.3) is 0 Å². The lowest BCUT2D eigenvalue weighted by molar-refractivity contribution is 0.355. The van der Waals surface area contributed by atoms with Crippen molar-refractivity contribution >= 4 is 14.2 Å². The van der Waals surface area contributed by atoms with E-state index in [1.54, 1.807) is 0 Å². The zero-order valence-electron chi connectivity index (χ0n) is 6.77. The second kappa shape index (κ2) is 2.87. The van der Waals surface area contributed by atoms with E-state index in [2.05, 4.69) is 25.8 Å². The molecule has 0 spiro atoms. The minimum atomic E-state index is 0.336. The summed E-state index contributed by atoms with van der Waals surface area (Å²) in [4.78, 5) is 4.23. The van der Waals surface area contributed by atoms with Crippen molar-refractivity contribution in [3.63, 3.8) is 0 Å². The molecule has 0 N–H and O–H groups in total. The number of rotatable bonds is 1. The van der Waals surface area contributed by atoms with Gasteiger partial charge in [0, 0.05) is 0 Å². The predicted octanol–water partition coefficient (Wildman–Crippen LogP) is 1.85. The van der Waals surface area contributed by atoms with Gasteiger partial charge in [0.05, 0.1) is 6.54 Å². The van der Waals surface area contributed by atoms with Crippen LogP contribution < -0.4 is 0 Å². The minimum absolute atomic E-state index is 0.336. The Morgan fingerprint density at radius 2 is 2.20 bits per heavy atom. The third kappa shape index (κ3) is 2.66. The largest absolute Gasteiger partial charge is 0.476 e. The quantitative estimate of drug-likeness (QED) is 0.535. The Labute approximate surface area is 63.8 Å². The molecule has 0 aliphatic carbocycles. The van der Waals surface area contributed by atoms with Gasteiger partial charge in [-0.2, -0.15) is 0 Å². The molecule has 0 aromatic heterocycles. The molecule has 0 saturated heterocycles. The molecule has 3 heteroatoms. The fraction of sp³-hybridized carbons (Fsp3) is 0.857. The SMILES string of the molecule is CC(C)(C)PC1=NCCO1. The molecule has 0 fully saturated rings. The van der Waals surface area contributed by atoms with E-state index in [1.807, 2.05) is 0 Å². The van der Waals surface area contributed by atoms with Crippen molar-refractivity contribution in [1.82, 2.24) is 0 Å². The molecular formula is C7H14NOP. The highest BCUT2D eigenvalue weighted by molar-refractivity contribution is 7.59. The lowest BCUT2D eigenvalue weighted by atomic mass is 10.3. The molecule has 58 valence electrons. The molecule has 0 amide bonds. The van der Waals surface area contributed by atoms with Crippen LogP contribution >= 0.6 is 8.58 Å². The zero-order valence-corrected chi connectivity index (χ0v) is 7.77. The van der Waals surface area contributed by atoms with Crippen molar-refractivity contribution in [2.75, 3.05) is 13.2 Å². The van der Waals surface area contributed by atoms with Crippen molar-refractivity contribution in [2.24, 2.45) is 4.99 Å². The lowest BCUT2D eigenvalue weighted by Crippen LogP contribution is -2.09. The number of hydrogen-bond donors (Lipinski definition) is 0. The standard InChI is InChI=1S/C7H14NOP/c1-7(2,3)10-6-8-4-5-9-6/h10H,4-5H2,1-3H3. The molecule has 0 radical (unpaired) electrons. The first kappa shape index (κ1) is 8.00. The minimum Gasteiger partial charge on any atom is -0.476 e. The number of aliphatic imine (C=N–C) groups is 1. The van der Waals surface area contributed by atoms with Crippen LogP contribution in [0, 0.1) is 0 Å². The topological polar surface area (TPSA) is 21.6 Å². The first-order valence-corrected chi connectivity index (χ1v) is 4.53. The van der Waals surface area contributed by atoms with E-state index in [-0.39, 0.29) is 0 Å². The number of ether oxygens (including phenoxy) is 1. The Hall–Kier alpha value is -0.100. The van der Waals surface area contributed by atoms with E-state index in [9.17, 15) is 0 Å². The van der Waals surface area contributed by atoms with E-state index in [1.165, 1.54) is 0 Å². The van der Waals surface area contributed by atoms with Crippen LogP contribution in [-0.4, -0.2) is 23.9 Å². The number of hydrogen-bond acceptors (Lipinski definition) is 2. The summed E-state index contributed by atoms with van der Waals surface area (Å²) >= 11 is 0. The fourth-order valence-electron chi connectivity index (χ4n) is 0.732. The van der Waals surface area contributed by atoms with Gasteiger partial charge >= 0.3 is 0 Å². The summed E-state index contributed by atoms with van der Waals surface area (Å²) in [5, 5.41) is 0.336. The molecule has 0 bridgehead atoms. The van der Waals surface area contributed by atoms with Crippen molar-refractivity contribution < 1.29 is 4.74 Å². The maximum absolute atomic E-state index is 5.29. The summed E-state index contributed by atoms with van der Waals surface area (Å²) in [5.41, 5.74) is 0.965. The van der Waals surface area contributed by atoms with Crippen LogP contribution in [0.1, 0.15) is 20.8 Å². The molecular weight excluding hydrogens is 145 g/mol. The predicted molar refractivity (Wildman–Crippen MR) is 46.3 cm³/mol. The van der Waals surface area contributed by atoms with Crippen molar-refractivity contribution in [3.8, 4) is 0 Å². The summed E-state index contributed by atoms with van der Waals surface area (Å²) in [7, 11) is 0.723. The van der Waals surface area contributed by atoms with Gasteiger partial charge in [-0.15, -0.1) is 0 Å².